The van der Waals surface area contributed by atoms with Gasteiger partial charge in [-0.25, -0.2) is 24.1 Å². The molecule has 4 amide bonds. The molecule has 36 heteroatoms. The number of allylic oxidation sites excluding steroid dienone is 6. The average Bonchev–Trinajstić information content (AvgIpc) is 1.37. The third kappa shape index (κ3) is 28.9. The number of nitrogens with two attached hydrogens (primary N) is 3. The first-order chi connectivity index (χ1) is 60.4. The van der Waals surface area contributed by atoms with Gasteiger partial charge in [0.1, 0.15) is 53.5 Å². The van der Waals surface area contributed by atoms with Crippen molar-refractivity contribution in [2.75, 3.05) is 139 Å². The van der Waals surface area contributed by atoms with Gasteiger partial charge in [0, 0.05) is 123 Å². The minimum atomic E-state index is -2.51. The van der Waals surface area contributed by atoms with Crippen LogP contribution in [-0.2, 0) is 94.0 Å². The predicted octanol–water partition coefficient (Wildman–Crippen LogP) is 6.84. The van der Waals surface area contributed by atoms with Crippen molar-refractivity contribution in [3.8, 4) is 11.3 Å². The van der Waals surface area contributed by atoms with E-state index in [-0.39, 0.29) is 118 Å². The van der Waals surface area contributed by atoms with Crippen molar-refractivity contribution in [3.05, 3.63) is 84.0 Å². The van der Waals surface area contributed by atoms with Crippen LogP contribution in [0.25, 0.3) is 33.4 Å². The lowest BCUT2D eigenvalue weighted by Gasteiger charge is -2.42. The van der Waals surface area contributed by atoms with E-state index in [1.165, 1.54) is 19.3 Å². The van der Waals surface area contributed by atoms with Gasteiger partial charge >= 0.3 is 5.97 Å². The van der Waals surface area contributed by atoms with Crippen molar-refractivity contribution in [1.29, 1.82) is 0 Å². The minimum Gasteiger partial charge on any atom is -0.459 e. The molecule has 36 nitrogen and oxygen atoms in total. The van der Waals surface area contributed by atoms with E-state index in [2.05, 4.69) is 25.3 Å². The van der Waals surface area contributed by atoms with Gasteiger partial charge in [0.25, 0.3) is 17.7 Å². The number of hydrogen-bond acceptors (Lipinski definition) is 30. The number of ether oxygens (including phenoxy) is 9. The smallest absolute Gasteiger partial charge is 0.329 e. The second-order valence-corrected chi connectivity index (χ2v) is 34.1. The summed E-state index contributed by atoms with van der Waals surface area (Å²) in [6.45, 7) is 15.2. The monoisotopic (exact) mass is 1760 g/mol. The summed E-state index contributed by atoms with van der Waals surface area (Å²) in [5.74, 6) is -8.98. The van der Waals surface area contributed by atoms with Crippen LogP contribution in [0.4, 0.5) is 11.8 Å². The number of amides is 4. The molecule has 7 heterocycles. The van der Waals surface area contributed by atoms with Gasteiger partial charge in [-0.1, -0.05) is 69.4 Å². The Labute approximate surface area is 737 Å². The molecule has 0 spiro atoms. The third-order valence-corrected chi connectivity index (χ3v) is 24.5. The molecular weight excluding hydrogens is 1630 g/mol. The Bertz CT molecular complexity index is 4510. The molecular formula is C90H135N15O21. The summed E-state index contributed by atoms with van der Waals surface area (Å²) in [5.41, 5.74) is 24.0. The molecule has 3 fully saturated rings. The number of methoxy groups -OCH3 is 2. The van der Waals surface area contributed by atoms with Crippen molar-refractivity contribution < 1.29 is 101 Å². The van der Waals surface area contributed by atoms with Crippen LogP contribution in [0.2, 0.25) is 0 Å². The molecule has 126 heavy (non-hydrogen) atoms. The summed E-state index contributed by atoms with van der Waals surface area (Å²) in [7, 11) is 8.38. The van der Waals surface area contributed by atoms with Crippen LogP contribution >= 0.6 is 0 Å². The number of carbonyl (C=O) groups excluding carboxylic acids is 8. The van der Waals surface area contributed by atoms with Crippen LogP contribution in [-0.4, -0.2) is 304 Å². The van der Waals surface area contributed by atoms with E-state index in [1.807, 2.05) is 62.6 Å². The number of hydrogen-bond donors (Lipinski definition) is 6. The van der Waals surface area contributed by atoms with Crippen molar-refractivity contribution in [2.24, 2.45) is 35.3 Å². The summed E-state index contributed by atoms with van der Waals surface area (Å²) in [5, 5.41) is 49.1. The van der Waals surface area contributed by atoms with Gasteiger partial charge in [0.15, 0.2) is 17.0 Å². The van der Waals surface area contributed by atoms with Crippen LogP contribution in [0, 0.1) is 29.6 Å². The molecule has 4 aromatic heterocycles. The van der Waals surface area contributed by atoms with Crippen molar-refractivity contribution >= 4 is 80.9 Å². The van der Waals surface area contributed by atoms with Gasteiger partial charge in [-0.05, 0) is 145 Å². The lowest BCUT2D eigenvalue weighted by Crippen LogP contribution is -2.61. The summed E-state index contributed by atoms with van der Waals surface area (Å²) in [6.07, 6.45) is 15.4. The predicted molar refractivity (Wildman–Crippen MR) is 468 cm³/mol. The number of ketones is 3. The maximum absolute atomic E-state index is 14.7. The van der Waals surface area contributed by atoms with Crippen LogP contribution in [0.5, 0.6) is 0 Å². The zero-order chi connectivity index (χ0) is 91.2. The summed E-state index contributed by atoms with van der Waals surface area (Å²) < 4.78 is 61.8. The Balaban J connectivity index is 0.634. The van der Waals surface area contributed by atoms with Crippen LogP contribution in [0.3, 0.4) is 0 Å². The average molecular weight is 1760 g/mol. The molecule has 0 unspecified atom stereocenters. The van der Waals surface area contributed by atoms with E-state index < -0.39 is 95.4 Å². The van der Waals surface area contributed by atoms with Gasteiger partial charge in [-0.15, -0.1) is 5.10 Å². The van der Waals surface area contributed by atoms with Crippen molar-refractivity contribution in [3.63, 3.8) is 0 Å². The highest BCUT2D eigenvalue weighted by molar-refractivity contribution is 6.39. The number of cyclic esters (lactones) is 1. The second kappa shape index (κ2) is 50.0. The number of benzene rings is 1. The van der Waals surface area contributed by atoms with E-state index in [1.54, 1.807) is 86.3 Å². The van der Waals surface area contributed by atoms with Crippen LogP contribution in [0.15, 0.2) is 82.7 Å². The highest BCUT2D eigenvalue weighted by atomic mass is 16.6. The first-order valence-electron chi connectivity index (χ1n) is 44.4. The Morgan fingerprint density at radius 1 is 0.722 bits per heavy atom. The van der Waals surface area contributed by atoms with Gasteiger partial charge in [-0.3, -0.25) is 33.6 Å². The van der Waals surface area contributed by atoms with Gasteiger partial charge in [0.05, 0.1) is 114 Å². The number of aliphatic hydroxyl groups is 3. The topological polar surface area (TPSA) is 472 Å². The molecule has 9 rings (SSSR count). The quantitative estimate of drug-likeness (QED) is 0.0102. The summed E-state index contributed by atoms with van der Waals surface area (Å²) >= 11 is 0. The number of likely N-dealkylation sites (N-methyl/N-ethyl adjacent to an activating group) is 2. The van der Waals surface area contributed by atoms with Crippen LogP contribution < -0.4 is 17.2 Å². The van der Waals surface area contributed by atoms with Gasteiger partial charge < -0.3 is 99.2 Å². The largest absolute Gasteiger partial charge is 0.459 e. The number of fused-ring (bicyclic) bond motifs is 5. The number of aromatic nitrogens is 8. The molecule has 4 aliphatic rings. The number of unbranched alkanes of at least 4 members (excludes halogenated alkanes) is 1. The molecule has 696 valence electrons. The number of piperidine rings is 1. The highest BCUT2D eigenvalue weighted by Crippen LogP contribution is 2.40. The Kier molecular flexibility index (Phi) is 39.9. The number of carbonyl (C=O) groups is 8. The number of esters is 1. The molecule has 9 N–H and O–H groups in total. The Morgan fingerprint density at radius 3 is 2.07 bits per heavy atom. The maximum atomic E-state index is 14.7. The van der Waals surface area contributed by atoms with E-state index in [4.69, 9.17) is 69.3 Å². The zero-order valence-electron chi connectivity index (χ0n) is 75.3. The molecule has 15 atom stereocenters. The van der Waals surface area contributed by atoms with Crippen molar-refractivity contribution in [2.45, 2.75) is 231 Å². The molecule has 1 saturated carbocycles. The normalized spacial score (nSPS) is 26.5. The molecule has 1 aliphatic carbocycles. The molecule has 5 aromatic rings. The molecule has 3 aliphatic heterocycles. The second-order valence-electron chi connectivity index (χ2n) is 34.1. The zero-order valence-corrected chi connectivity index (χ0v) is 75.3. The third-order valence-electron chi connectivity index (χ3n) is 24.5. The van der Waals surface area contributed by atoms with E-state index >= 15 is 0 Å². The van der Waals surface area contributed by atoms with E-state index in [0.717, 1.165) is 28.9 Å². The Hall–Kier alpha value is -9.18. The number of rotatable bonds is 37. The molecule has 2 bridgehead atoms. The summed E-state index contributed by atoms with van der Waals surface area (Å²) in [4.78, 5) is 129. The summed E-state index contributed by atoms with van der Waals surface area (Å²) in [6, 6.07) is 3.15. The number of nitrogen functional groups attached to an aromatic ring is 2. The first-order valence-corrected chi connectivity index (χ1v) is 44.4. The maximum Gasteiger partial charge on any atom is 0.329 e. The number of aliphatic hydroxyl groups excluding tert-OH is 2. The molecule has 1 aromatic carbocycles. The molecule has 0 radical (unpaired) electrons. The lowest BCUT2D eigenvalue weighted by molar-refractivity contribution is -0.265. The number of Topliss-reactive ketones (excluding diaryl/α,β-unsaturated/α-hetero) is 3. The fourth-order valence-electron chi connectivity index (χ4n) is 16.6. The van der Waals surface area contributed by atoms with E-state index in [0.29, 0.717) is 183 Å². The number of oxazole rings is 1. The standard InChI is InChI=1S/C90H135N15O21/c1-57-20-13-12-14-21-58(2)73(117-10)53-66-28-25-62(6)90(116,126-66)84(113)87(114)103-34-16-15-23-70(103)88(115)124-74(54-71(106)59(3)49-61(5)82(111)83(112)81(110)60(4)48-57)67(91)50-63-26-29-69(75(51-63)118-11)105-55-65(97-99-105)22-19-24-76(107)101(8)36-40-122-45-47-123-46-43-120-39-32-78(109)102(9)37-41-121-44-42-119-38-31-77(108)100(7)33-17-18-35-104-86-79(85(92)94-56-95-86)80(98-104)64-27-30-72-68(52-64)96-89(93)125-72/h12-14,20-21,27,30,49,52,55-57,59-60,62-63,66-67,69-70,73-75,82-83,111-112,116H,15-19,22-26,28-29,31-48,50-51,53-54,91H2,1-11H3,(H2,93,96)(H2,92,94,95)/b14-12+,20-13+,58-21+,61-49+/t57-,59-,60-,62-,63+,66+,67-,69+,70+,73+,74+,75-,82-,83+,90-/m1/s1. The number of aryl methyl sites for hydroxylation is 2. The van der Waals surface area contributed by atoms with E-state index in [9.17, 15) is 53.7 Å². The fourth-order valence-corrected chi connectivity index (χ4v) is 16.6. The fraction of sp³-hybridized carbons (Fsp3) is 0.667. The first kappa shape index (κ1) is 101. The van der Waals surface area contributed by atoms with Gasteiger partial charge in [0.2, 0.25) is 23.5 Å². The lowest BCUT2D eigenvalue weighted by atomic mass is 9.79. The molecule has 2 saturated heterocycles. The number of nitrogens with zero attached hydrogens (tertiary/aromatic N) is 12. The SMILES string of the molecule is CO[C@H]1C[C@@H]2CC[C@@H](C)[C@@](O)(O2)C(=O)C(=O)N2CCCC[C@H]2C(=O)O[C@H]([C@H](N)C[C@@H]2CC[C@H](n3cc(CCCC(=O)N(C)CCOCCOCCOCCC(=O)N(C)CCOCCOCCC(=O)N(C)CCCCn4nc(-c5ccc6oc(N)nc6c5)c5c(N)ncnc54)nn3)[C@H](OC)C2)CC(=O)[C@H](C)/C=C(\C)[C@@H](O)[C@@H](O)C(=O)[C@H](C)C[C@H](C)/C=C/C=C/C=C/1C. The minimum absolute atomic E-state index is 0.00789. The Morgan fingerprint density at radius 2 is 1.39 bits per heavy atom. The van der Waals surface area contributed by atoms with Gasteiger partial charge in [-0.2, -0.15) is 10.1 Å². The van der Waals surface area contributed by atoms with Crippen molar-refractivity contribution in [1.82, 2.24) is 59.3 Å². The number of anilines is 2. The van der Waals surface area contributed by atoms with Crippen LogP contribution in [0.1, 0.15) is 169 Å². The highest BCUT2D eigenvalue weighted by Gasteiger charge is 2.53.